The van der Waals surface area contributed by atoms with E-state index in [1.165, 1.54) is 0 Å². The third-order valence-electron chi connectivity index (χ3n) is 4.86. The third-order valence-corrected chi connectivity index (χ3v) is 4.86. The van der Waals surface area contributed by atoms with E-state index in [2.05, 4.69) is 29.4 Å². The van der Waals surface area contributed by atoms with Crippen molar-refractivity contribution in [3.05, 3.63) is 64.6 Å². The van der Waals surface area contributed by atoms with Crippen LogP contribution in [0, 0.1) is 5.92 Å². The standard InChI is InChI=1S/C20H20N4O2/c1-12(2)16-11-24(17-10-6-5-9-15(17)21-16)20(26)18-13-7-3-4-8-14(13)19(25)23-22-18/h3-10,12,16,21H,11H2,1-2H3,(H,23,25). The number of nitrogens with one attached hydrogen (secondary N) is 2. The van der Waals surface area contributed by atoms with Crippen LogP contribution < -0.4 is 15.8 Å². The molecule has 0 spiro atoms. The molecule has 1 aliphatic heterocycles. The van der Waals surface area contributed by atoms with Crippen molar-refractivity contribution in [2.24, 2.45) is 5.92 Å². The van der Waals surface area contributed by atoms with Crippen LogP contribution in [0.1, 0.15) is 24.3 Å². The number of hydrogen-bond acceptors (Lipinski definition) is 4. The van der Waals surface area contributed by atoms with Crippen molar-refractivity contribution >= 4 is 28.1 Å². The lowest BCUT2D eigenvalue weighted by molar-refractivity contribution is 0.0979. The second-order valence-electron chi connectivity index (χ2n) is 6.87. The van der Waals surface area contributed by atoms with E-state index in [-0.39, 0.29) is 23.2 Å². The van der Waals surface area contributed by atoms with E-state index in [9.17, 15) is 9.59 Å². The highest BCUT2D eigenvalue weighted by Gasteiger charge is 2.31. The zero-order valence-corrected chi connectivity index (χ0v) is 14.7. The first kappa shape index (κ1) is 16.3. The molecule has 0 bridgehead atoms. The number of amides is 1. The Balaban J connectivity index is 1.84. The molecule has 4 rings (SSSR count). The van der Waals surface area contributed by atoms with Gasteiger partial charge in [0.25, 0.3) is 11.5 Å². The van der Waals surface area contributed by atoms with E-state index in [0.29, 0.717) is 23.2 Å². The number of carbonyl (C=O) groups excluding carboxylic acids is 1. The average Bonchev–Trinajstić information content (AvgIpc) is 2.67. The summed E-state index contributed by atoms with van der Waals surface area (Å²) in [5, 5.41) is 11.1. The Hall–Kier alpha value is -3.15. The first-order valence-corrected chi connectivity index (χ1v) is 8.71. The maximum atomic E-state index is 13.4. The molecular weight excluding hydrogens is 328 g/mol. The first-order chi connectivity index (χ1) is 12.6. The van der Waals surface area contributed by atoms with Gasteiger partial charge in [-0.25, -0.2) is 5.10 Å². The molecule has 1 atom stereocenters. The van der Waals surface area contributed by atoms with Gasteiger partial charge in [0.1, 0.15) is 0 Å². The summed E-state index contributed by atoms with van der Waals surface area (Å²) >= 11 is 0. The maximum Gasteiger partial charge on any atom is 0.279 e. The predicted octanol–water partition coefficient (Wildman–Crippen LogP) is 3.02. The molecule has 1 aliphatic rings. The minimum atomic E-state index is -0.294. The van der Waals surface area contributed by atoms with Gasteiger partial charge in [-0.1, -0.05) is 44.2 Å². The Labute approximate surface area is 150 Å². The van der Waals surface area contributed by atoms with Crippen LogP contribution in [0.2, 0.25) is 0 Å². The molecule has 6 nitrogen and oxygen atoms in total. The van der Waals surface area contributed by atoms with Crippen LogP contribution >= 0.6 is 0 Å². The van der Waals surface area contributed by atoms with Crippen LogP contribution in [0.3, 0.4) is 0 Å². The molecular formula is C20H20N4O2. The summed E-state index contributed by atoms with van der Waals surface area (Å²) in [5.41, 5.74) is 1.73. The molecule has 1 unspecified atom stereocenters. The number of fused-ring (bicyclic) bond motifs is 2. The van der Waals surface area contributed by atoms with Crippen LogP contribution in [0.5, 0.6) is 0 Å². The lowest BCUT2D eigenvalue weighted by atomic mass is 9.99. The van der Waals surface area contributed by atoms with Gasteiger partial charge in [-0.3, -0.25) is 9.59 Å². The highest BCUT2D eigenvalue weighted by molar-refractivity contribution is 6.13. The number of carbonyl (C=O) groups is 1. The molecule has 132 valence electrons. The van der Waals surface area contributed by atoms with Gasteiger partial charge in [0, 0.05) is 18.0 Å². The van der Waals surface area contributed by atoms with Gasteiger partial charge in [-0.15, -0.1) is 0 Å². The van der Waals surface area contributed by atoms with Gasteiger partial charge >= 0.3 is 0 Å². The van der Waals surface area contributed by atoms with Crippen LogP contribution in [-0.4, -0.2) is 28.7 Å². The van der Waals surface area contributed by atoms with Gasteiger partial charge in [-0.2, -0.15) is 5.10 Å². The van der Waals surface area contributed by atoms with E-state index in [0.717, 1.165) is 11.4 Å². The van der Waals surface area contributed by atoms with Crippen molar-refractivity contribution in [2.45, 2.75) is 19.9 Å². The van der Waals surface area contributed by atoms with Gasteiger partial charge in [0.05, 0.1) is 16.8 Å². The van der Waals surface area contributed by atoms with E-state index in [1.807, 2.05) is 30.3 Å². The SMILES string of the molecule is CC(C)C1CN(C(=O)c2n[nH]c(=O)c3ccccc23)c2ccccc2N1. The van der Waals surface area contributed by atoms with Gasteiger partial charge in [-0.05, 0) is 24.1 Å². The van der Waals surface area contributed by atoms with E-state index >= 15 is 0 Å². The van der Waals surface area contributed by atoms with E-state index in [4.69, 9.17) is 0 Å². The summed E-state index contributed by atoms with van der Waals surface area (Å²) < 4.78 is 0. The number of H-pyrrole nitrogens is 1. The predicted molar refractivity (Wildman–Crippen MR) is 103 cm³/mol. The Morgan fingerprint density at radius 1 is 1.12 bits per heavy atom. The zero-order valence-electron chi connectivity index (χ0n) is 14.7. The van der Waals surface area contributed by atoms with Crippen molar-refractivity contribution in [2.75, 3.05) is 16.8 Å². The number of rotatable bonds is 2. The van der Waals surface area contributed by atoms with Crippen molar-refractivity contribution in [3.63, 3.8) is 0 Å². The molecule has 0 saturated carbocycles. The molecule has 1 aromatic heterocycles. The van der Waals surface area contributed by atoms with Gasteiger partial charge in [0.15, 0.2) is 5.69 Å². The minimum Gasteiger partial charge on any atom is -0.379 e. The second-order valence-corrected chi connectivity index (χ2v) is 6.87. The summed E-state index contributed by atoms with van der Waals surface area (Å²) in [7, 11) is 0. The first-order valence-electron chi connectivity index (χ1n) is 8.71. The fraction of sp³-hybridized carbons (Fsp3) is 0.250. The minimum absolute atomic E-state index is 0.142. The highest BCUT2D eigenvalue weighted by Crippen LogP contribution is 2.33. The largest absolute Gasteiger partial charge is 0.379 e. The summed E-state index contributed by atoms with van der Waals surface area (Å²) in [6.45, 7) is 4.80. The van der Waals surface area contributed by atoms with Crippen molar-refractivity contribution in [3.8, 4) is 0 Å². The van der Waals surface area contributed by atoms with Crippen LogP contribution in [-0.2, 0) is 0 Å². The van der Waals surface area contributed by atoms with Gasteiger partial charge in [0.2, 0.25) is 0 Å². The molecule has 2 N–H and O–H groups in total. The second kappa shape index (κ2) is 6.29. The smallest absolute Gasteiger partial charge is 0.279 e. The van der Waals surface area contributed by atoms with Crippen molar-refractivity contribution in [1.82, 2.24) is 10.2 Å². The molecule has 0 saturated heterocycles. The summed E-state index contributed by atoms with van der Waals surface area (Å²) in [6, 6.07) is 15.0. The maximum absolute atomic E-state index is 13.4. The van der Waals surface area contributed by atoms with Crippen molar-refractivity contribution < 1.29 is 4.79 Å². The number of hydrogen-bond donors (Lipinski definition) is 2. The number of aromatic nitrogens is 2. The lowest BCUT2D eigenvalue weighted by Crippen LogP contribution is -2.47. The summed E-state index contributed by atoms with van der Waals surface area (Å²) in [6.07, 6.45) is 0. The average molecular weight is 348 g/mol. The number of anilines is 2. The number of benzene rings is 2. The molecule has 0 aliphatic carbocycles. The number of aromatic amines is 1. The molecule has 6 heteroatoms. The molecule has 0 fully saturated rings. The number of nitrogens with zero attached hydrogens (tertiary/aromatic N) is 2. The molecule has 2 heterocycles. The van der Waals surface area contributed by atoms with E-state index in [1.54, 1.807) is 23.1 Å². The zero-order chi connectivity index (χ0) is 18.3. The molecule has 1 amide bonds. The normalized spacial score (nSPS) is 16.4. The summed E-state index contributed by atoms with van der Waals surface area (Å²) in [4.78, 5) is 27.1. The van der Waals surface area contributed by atoms with Crippen molar-refractivity contribution in [1.29, 1.82) is 0 Å². The topological polar surface area (TPSA) is 78.1 Å². The van der Waals surface area contributed by atoms with E-state index < -0.39 is 0 Å². The summed E-state index contributed by atoms with van der Waals surface area (Å²) in [5.74, 6) is 0.149. The molecule has 0 radical (unpaired) electrons. The third kappa shape index (κ3) is 2.63. The highest BCUT2D eigenvalue weighted by atomic mass is 16.2. The molecule has 2 aromatic carbocycles. The quantitative estimate of drug-likeness (QED) is 0.746. The molecule has 3 aromatic rings. The lowest BCUT2D eigenvalue weighted by Gasteiger charge is -2.37. The Morgan fingerprint density at radius 3 is 2.58 bits per heavy atom. The van der Waals surface area contributed by atoms with Crippen LogP contribution in [0.15, 0.2) is 53.3 Å². The molecule has 26 heavy (non-hydrogen) atoms. The number of para-hydroxylation sites is 2. The van der Waals surface area contributed by atoms with Crippen LogP contribution in [0.4, 0.5) is 11.4 Å². The fourth-order valence-electron chi connectivity index (χ4n) is 3.35. The Bertz CT molecular complexity index is 1040. The monoisotopic (exact) mass is 348 g/mol. The fourth-order valence-corrected chi connectivity index (χ4v) is 3.35. The Kier molecular flexibility index (Phi) is 3.95. The van der Waals surface area contributed by atoms with Crippen LogP contribution in [0.25, 0.3) is 10.8 Å². The Morgan fingerprint density at radius 2 is 1.81 bits per heavy atom. The van der Waals surface area contributed by atoms with Gasteiger partial charge < -0.3 is 10.2 Å².